The number of benzene rings is 1. The van der Waals surface area contributed by atoms with E-state index in [0.29, 0.717) is 5.92 Å². The van der Waals surface area contributed by atoms with Crippen LogP contribution in [-0.4, -0.2) is 6.21 Å². The summed E-state index contributed by atoms with van der Waals surface area (Å²) in [7, 11) is 0. The first kappa shape index (κ1) is 7.63. The molecule has 1 nitrogen and oxygen atoms in total. The lowest BCUT2D eigenvalue weighted by atomic mass is 9.73. The van der Waals surface area contributed by atoms with Crippen molar-refractivity contribution >= 4 is 17.4 Å². The van der Waals surface area contributed by atoms with Crippen LogP contribution in [0.3, 0.4) is 0 Å². The van der Waals surface area contributed by atoms with Crippen LogP contribution in [0.5, 0.6) is 0 Å². The second-order valence-electron chi connectivity index (χ2n) is 4.41. The van der Waals surface area contributed by atoms with Crippen LogP contribution in [0.25, 0.3) is 11.1 Å². The Morgan fingerprint density at radius 1 is 1.07 bits per heavy atom. The second-order valence-corrected chi connectivity index (χ2v) is 4.41. The Bertz CT molecular complexity index is 632. The third-order valence-corrected chi connectivity index (χ3v) is 3.75. The van der Waals surface area contributed by atoms with Crippen molar-refractivity contribution in [3.05, 3.63) is 46.5 Å². The zero-order valence-corrected chi connectivity index (χ0v) is 8.40. The normalized spacial score (nSPS) is 25.3. The van der Waals surface area contributed by atoms with Crippen molar-refractivity contribution in [2.75, 3.05) is 0 Å². The molecule has 0 spiro atoms. The molecule has 1 fully saturated rings. The minimum atomic E-state index is 0.503. The van der Waals surface area contributed by atoms with Crippen molar-refractivity contribution < 1.29 is 0 Å². The summed E-state index contributed by atoms with van der Waals surface area (Å²) in [5.41, 5.74) is 4.56. The van der Waals surface area contributed by atoms with Gasteiger partial charge in [0.25, 0.3) is 0 Å². The highest BCUT2D eigenvalue weighted by Gasteiger charge is 2.32. The predicted octanol–water partition coefficient (Wildman–Crippen LogP) is 1.38. The third-order valence-electron chi connectivity index (χ3n) is 3.75. The molecule has 4 aliphatic rings. The predicted molar refractivity (Wildman–Crippen MR) is 61.8 cm³/mol. The number of hydrogen-bond acceptors (Lipinski definition) is 1. The van der Waals surface area contributed by atoms with Gasteiger partial charge in [-0.25, -0.2) is 0 Å². The van der Waals surface area contributed by atoms with E-state index in [2.05, 4.69) is 41.7 Å². The van der Waals surface area contributed by atoms with Crippen LogP contribution in [0.2, 0.25) is 0 Å². The molecule has 72 valence electrons. The number of rotatable bonds is 0. The Hall–Kier alpha value is -1.63. The molecule has 0 radical (unpaired) electrons. The highest BCUT2D eigenvalue weighted by molar-refractivity contribution is 5.94. The van der Waals surface area contributed by atoms with Crippen LogP contribution in [-0.2, 0) is 0 Å². The Morgan fingerprint density at radius 2 is 1.93 bits per heavy atom. The average molecular weight is 193 g/mol. The zero-order chi connectivity index (χ0) is 9.83. The van der Waals surface area contributed by atoms with Crippen LogP contribution in [0.15, 0.2) is 41.0 Å². The molecular weight excluding hydrogens is 182 g/mol. The molecular formula is C14H11N. The molecule has 1 atom stereocenters. The Morgan fingerprint density at radius 3 is 2.87 bits per heavy atom. The first-order chi connectivity index (χ1) is 7.45. The van der Waals surface area contributed by atoms with E-state index >= 15 is 0 Å². The minimum absolute atomic E-state index is 0.503. The SMILES string of the molecule is C1=NC=C2C3=c4ccccc4=C(CC3)C12. The van der Waals surface area contributed by atoms with E-state index < -0.39 is 0 Å². The molecule has 3 aliphatic carbocycles. The summed E-state index contributed by atoms with van der Waals surface area (Å²) in [5, 5.41) is 2.92. The van der Waals surface area contributed by atoms with Crippen molar-refractivity contribution in [2.24, 2.45) is 10.9 Å². The van der Waals surface area contributed by atoms with Gasteiger partial charge in [-0.1, -0.05) is 24.3 Å². The van der Waals surface area contributed by atoms with Gasteiger partial charge in [-0.3, -0.25) is 4.99 Å². The Balaban J connectivity index is 2.26. The zero-order valence-electron chi connectivity index (χ0n) is 8.40. The van der Waals surface area contributed by atoms with Crippen molar-refractivity contribution in [3.8, 4) is 0 Å². The lowest BCUT2D eigenvalue weighted by molar-refractivity contribution is 0.888. The molecule has 0 amide bonds. The van der Waals surface area contributed by atoms with Gasteiger partial charge < -0.3 is 0 Å². The number of fused-ring (bicyclic) bond motifs is 1. The first-order valence-corrected chi connectivity index (χ1v) is 5.50. The van der Waals surface area contributed by atoms with E-state index in [9.17, 15) is 0 Å². The van der Waals surface area contributed by atoms with E-state index in [0.717, 1.165) is 0 Å². The summed E-state index contributed by atoms with van der Waals surface area (Å²) in [5.74, 6) is 0.503. The van der Waals surface area contributed by atoms with E-state index in [1.165, 1.54) is 34.4 Å². The van der Waals surface area contributed by atoms with Crippen molar-refractivity contribution in [1.29, 1.82) is 0 Å². The van der Waals surface area contributed by atoms with Gasteiger partial charge in [0, 0.05) is 18.3 Å². The quantitative estimate of drug-likeness (QED) is 0.590. The van der Waals surface area contributed by atoms with Crippen LogP contribution < -0.4 is 10.4 Å². The highest BCUT2D eigenvalue weighted by Crippen LogP contribution is 2.41. The fraction of sp³-hybridized carbons (Fsp3) is 0.214. The summed E-state index contributed by atoms with van der Waals surface area (Å²) in [6.07, 6.45) is 6.58. The second kappa shape index (κ2) is 2.48. The topological polar surface area (TPSA) is 12.4 Å². The lowest BCUT2D eigenvalue weighted by Gasteiger charge is -2.30. The summed E-state index contributed by atoms with van der Waals surface area (Å²) in [6.45, 7) is 0. The maximum Gasteiger partial charge on any atom is 0.0430 e. The number of aliphatic imine (C=N–C) groups is 1. The minimum Gasteiger partial charge on any atom is -0.268 e. The number of hydrogen-bond donors (Lipinski definition) is 0. The molecule has 1 unspecified atom stereocenters. The van der Waals surface area contributed by atoms with Gasteiger partial charge in [-0.2, -0.15) is 0 Å². The standard InChI is InChI=1S/C14H11N/c1-2-4-10-9(3-1)11-5-6-12(10)14-8-15-7-13(11)14/h1-4,7-8,13H,5-6H2. The first-order valence-electron chi connectivity index (χ1n) is 5.50. The highest BCUT2D eigenvalue weighted by atomic mass is 14.7. The maximum atomic E-state index is 4.32. The van der Waals surface area contributed by atoms with Crippen molar-refractivity contribution in [2.45, 2.75) is 12.8 Å². The van der Waals surface area contributed by atoms with Gasteiger partial charge in [0.15, 0.2) is 0 Å². The molecule has 5 rings (SSSR count). The van der Waals surface area contributed by atoms with E-state index in [1.54, 1.807) is 5.57 Å². The van der Waals surface area contributed by atoms with Gasteiger partial charge >= 0.3 is 0 Å². The van der Waals surface area contributed by atoms with Crippen LogP contribution in [0.4, 0.5) is 0 Å². The molecule has 1 heterocycles. The number of nitrogens with zero attached hydrogens (tertiary/aromatic N) is 1. The lowest BCUT2D eigenvalue weighted by Crippen LogP contribution is -2.39. The smallest absolute Gasteiger partial charge is 0.0430 e. The van der Waals surface area contributed by atoms with E-state index in [4.69, 9.17) is 0 Å². The summed E-state index contributed by atoms with van der Waals surface area (Å²) in [4.78, 5) is 4.32. The maximum absolute atomic E-state index is 4.32. The Kier molecular flexibility index (Phi) is 1.26. The van der Waals surface area contributed by atoms with Crippen LogP contribution >= 0.6 is 0 Å². The summed E-state index contributed by atoms with van der Waals surface area (Å²) in [6, 6.07) is 8.78. The molecule has 1 heteroatoms. The van der Waals surface area contributed by atoms with Gasteiger partial charge in [0.1, 0.15) is 0 Å². The monoisotopic (exact) mass is 193 g/mol. The van der Waals surface area contributed by atoms with E-state index in [-0.39, 0.29) is 0 Å². The van der Waals surface area contributed by atoms with Gasteiger partial charge in [0.2, 0.25) is 0 Å². The van der Waals surface area contributed by atoms with Crippen molar-refractivity contribution in [1.82, 2.24) is 0 Å². The van der Waals surface area contributed by atoms with E-state index in [1.807, 2.05) is 0 Å². The summed E-state index contributed by atoms with van der Waals surface area (Å²) < 4.78 is 0. The third kappa shape index (κ3) is 0.816. The van der Waals surface area contributed by atoms with Gasteiger partial charge in [0.05, 0.1) is 0 Å². The molecule has 1 aromatic rings. The molecule has 1 saturated carbocycles. The molecule has 1 aliphatic heterocycles. The van der Waals surface area contributed by atoms with Crippen LogP contribution in [0, 0.1) is 5.92 Å². The molecule has 0 saturated heterocycles. The van der Waals surface area contributed by atoms with Crippen molar-refractivity contribution in [3.63, 3.8) is 0 Å². The largest absolute Gasteiger partial charge is 0.268 e. The molecule has 2 bridgehead atoms. The molecule has 0 aromatic heterocycles. The number of allylic oxidation sites excluding steroid dienone is 1. The van der Waals surface area contributed by atoms with Crippen LogP contribution in [0.1, 0.15) is 12.8 Å². The van der Waals surface area contributed by atoms with Gasteiger partial charge in [-0.15, -0.1) is 0 Å². The Labute approximate surface area is 88.2 Å². The fourth-order valence-electron chi connectivity index (χ4n) is 3.09. The molecule has 15 heavy (non-hydrogen) atoms. The molecule has 1 aromatic carbocycles. The molecule has 0 N–H and O–H groups in total. The summed E-state index contributed by atoms with van der Waals surface area (Å²) >= 11 is 0. The van der Waals surface area contributed by atoms with Gasteiger partial charge in [-0.05, 0) is 40.0 Å². The fourth-order valence-corrected chi connectivity index (χ4v) is 3.09. The average Bonchev–Trinajstić information content (AvgIpc) is 2.80.